The normalized spacial score (nSPS) is 23.1. The van der Waals surface area contributed by atoms with Gasteiger partial charge in [0.05, 0.1) is 10.9 Å². The number of thioether (sulfide) groups is 1. The molecule has 1 fully saturated rings. The van der Waals surface area contributed by atoms with Gasteiger partial charge in [0.25, 0.3) is 5.91 Å². The molecule has 2 rings (SSSR count). The Hall–Kier alpha value is -1.08. The number of nitrogens with zero attached hydrogens (tertiary/aromatic N) is 2. The molecule has 96 valence electrons. The van der Waals surface area contributed by atoms with Crippen LogP contribution >= 0.6 is 27.7 Å². The van der Waals surface area contributed by atoms with Gasteiger partial charge in [0.1, 0.15) is 6.04 Å². The largest absolute Gasteiger partial charge is 0.480 e. The molecule has 0 aliphatic carbocycles. The molecule has 1 saturated heterocycles. The van der Waals surface area contributed by atoms with Crippen LogP contribution in [0, 0.1) is 0 Å². The summed E-state index contributed by atoms with van der Waals surface area (Å²) in [6, 6.07) is 0.876. The average molecular weight is 331 g/mol. The zero-order chi connectivity index (χ0) is 13.3. The summed E-state index contributed by atoms with van der Waals surface area (Å²) in [5.74, 6) is -0.846. The van der Waals surface area contributed by atoms with E-state index in [1.54, 1.807) is 12.3 Å². The van der Waals surface area contributed by atoms with Crippen molar-refractivity contribution in [2.24, 2.45) is 0 Å². The summed E-state index contributed by atoms with van der Waals surface area (Å²) in [6.45, 7) is 1.83. The first kappa shape index (κ1) is 13.4. The van der Waals surface area contributed by atoms with Crippen molar-refractivity contribution in [3.63, 3.8) is 0 Å². The van der Waals surface area contributed by atoms with E-state index < -0.39 is 12.0 Å². The minimum absolute atomic E-state index is 0.141. The molecular weight excluding hydrogens is 320 g/mol. The fraction of sp³-hybridized carbons (Fsp3) is 0.364. The first-order valence-corrected chi connectivity index (χ1v) is 7.12. The van der Waals surface area contributed by atoms with Gasteiger partial charge in [-0.3, -0.25) is 9.78 Å². The number of carbonyl (C=O) groups is 2. The number of pyridine rings is 1. The summed E-state index contributed by atoms with van der Waals surface area (Å²) in [6.07, 6.45) is 3.02. The van der Waals surface area contributed by atoms with Gasteiger partial charge in [-0.05, 0) is 28.9 Å². The molecule has 5 nitrogen and oxygen atoms in total. The third kappa shape index (κ3) is 2.51. The molecule has 1 aromatic rings. The molecular formula is C11H11BrN2O3S. The molecule has 0 aromatic carbocycles. The van der Waals surface area contributed by atoms with Gasteiger partial charge in [-0.2, -0.15) is 0 Å². The van der Waals surface area contributed by atoms with Crippen LogP contribution in [0.5, 0.6) is 0 Å². The average Bonchev–Trinajstić information content (AvgIpc) is 2.70. The van der Waals surface area contributed by atoms with Crippen LogP contribution in [0.2, 0.25) is 0 Å². The minimum Gasteiger partial charge on any atom is -0.480 e. The van der Waals surface area contributed by atoms with E-state index >= 15 is 0 Å². The van der Waals surface area contributed by atoms with E-state index in [0.29, 0.717) is 15.8 Å². The Morgan fingerprint density at radius 1 is 1.56 bits per heavy atom. The molecule has 0 radical (unpaired) electrons. The molecule has 1 N–H and O–H groups in total. The van der Waals surface area contributed by atoms with Crippen LogP contribution in [0.4, 0.5) is 0 Å². The van der Waals surface area contributed by atoms with Gasteiger partial charge in [-0.25, -0.2) is 4.79 Å². The van der Waals surface area contributed by atoms with Gasteiger partial charge in [0.2, 0.25) is 0 Å². The summed E-state index contributed by atoms with van der Waals surface area (Å²) in [7, 11) is 0. The lowest BCUT2D eigenvalue weighted by Gasteiger charge is -2.24. The standard InChI is InChI=1S/C11H11BrN2O3S/c1-6-14(9(5-18-6)11(16)17)10(15)7-2-8(12)4-13-3-7/h2-4,6,9H,5H2,1H3,(H,16,17). The van der Waals surface area contributed by atoms with E-state index in [2.05, 4.69) is 20.9 Å². The molecule has 1 aromatic heterocycles. The van der Waals surface area contributed by atoms with Crippen molar-refractivity contribution in [2.45, 2.75) is 18.3 Å². The quantitative estimate of drug-likeness (QED) is 0.895. The molecule has 1 amide bonds. The van der Waals surface area contributed by atoms with Crippen molar-refractivity contribution in [3.05, 3.63) is 28.5 Å². The van der Waals surface area contributed by atoms with Gasteiger partial charge < -0.3 is 10.0 Å². The van der Waals surface area contributed by atoms with Gasteiger partial charge in [-0.1, -0.05) is 0 Å². The summed E-state index contributed by atoms with van der Waals surface area (Å²) in [5.41, 5.74) is 0.393. The van der Waals surface area contributed by atoms with Gasteiger partial charge in [-0.15, -0.1) is 11.8 Å². The summed E-state index contributed by atoms with van der Waals surface area (Å²) in [5, 5.41) is 8.98. The summed E-state index contributed by atoms with van der Waals surface area (Å²) < 4.78 is 0.694. The van der Waals surface area contributed by atoms with Crippen LogP contribution in [0.1, 0.15) is 17.3 Å². The maximum atomic E-state index is 12.3. The highest BCUT2D eigenvalue weighted by Crippen LogP contribution is 2.30. The van der Waals surface area contributed by atoms with E-state index in [0.717, 1.165) is 0 Å². The fourth-order valence-electron chi connectivity index (χ4n) is 1.82. The molecule has 0 spiro atoms. The van der Waals surface area contributed by atoms with Gasteiger partial charge in [0.15, 0.2) is 0 Å². The Balaban J connectivity index is 2.29. The van der Waals surface area contributed by atoms with Crippen molar-refractivity contribution in [1.29, 1.82) is 0 Å². The Morgan fingerprint density at radius 3 is 2.89 bits per heavy atom. The highest BCUT2D eigenvalue weighted by Gasteiger charge is 2.39. The highest BCUT2D eigenvalue weighted by molar-refractivity contribution is 9.10. The molecule has 0 saturated carbocycles. The summed E-state index contributed by atoms with van der Waals surface area (Å²) >= 11 is 4.70. The number of aromatic nitrogens is 1. The predicted molar refractivity (Wildman–Crippen MR) is 71.5 cm³/mol. The maximum absolute atomic E-state index is 12.3. The monoisotopic (exact) mass is 330 g/mol. The van der Waals surface area contributed by atoms with Crippen LogP contribution in [-0.4, -0.2) is 44.0 Å². The van der Waals surface area contributed by atoms with E-state index in [1.165, 1.54) is 22.9 Å². The van der Waals surface area contributed by atoms with Gasteiger partial charge in [0, 0.05) is 22.6 Å². The fourth-order valence-corrected chi connectivity index (χ4v) is 3.35. The number of rotatable bonds is 2. The number of amides is 1. The summed E-state index contributed by atoms with van der Waals surface area (Å²) in [4.78, 5) is 28.8. The highest BCUT2D eigenvalue weighted by atomic mass is 79.9. The number of aliphatic carboxylic acids is 1. The number of halogens is 1. The molecule has 0 bridgehead atoms. The maximum Gasteiger partial charge on any atom is 0.327 e. The van der Waals surface area contributed by atoms with Crippen LogP contribution in [0.15, 0.2) is 22.9 Å². The molecule has 1 aliphatic heterocycles. The Bertz CT molecular complexity index is 497. The Kier molecular flexibility index (Phi) is 3.91. The second-order valence-electron chi connectivity index (χ2n) is 3.89. The second-order valence-corrected chi connectivity index (χ2v) is 6.16. The lowest BCUT2D eigenvalue weighted by molar-refractivity contribution is -0.141. The number of hydrogen-bond donors (Lipinski definition) is 1. The van der Waals surface area contributed by atoms with Crippen LogP contribution in [-0.2, 0) is 4.79 Å². The van der Waals surface area contributed by atoms with Crippen LogP contribution in [0.25, 0.3) is 0 Å². The van der Waals surface area contributed by atoms with E-state index in [4.69, 9.17) is 5.11 Å². The zero-order valence-electron chi connectivity index (χ0n) is 9.54. The third-order valence-electron chi connectivity index (χ3n) is 2.69. The van der Waals surface area contributed by atoms with Crippen molar-refractivity contribution in [2.75, 3.05) is 5.75 Å². The molecule has 1 aliphatic rings. The van der Waals surface area contributed by atoms with Crippen molar-refractivity contribution >= 4 is 39.6 Å². The van der Waals surface area contributed by atoms with Gasteiger partial charge >= 0.3 is 5.97 Å². The van der Waals surface area contributed by atoms with Crippen molar-refractivity contribution in [1.82, 2.24) is 9.88 Å². The van der Waals surface area contributed by atoms with E-state index in [9.17, 15) is 9.59 Å². The van der Waals surface area contributed by atoms with E-state index in [-0.39, 0.29) is 11.3 Å². The molecule has 2 atom stereocenters. The second kappa shape index (κ2) is 5.27. The number of carbonyl (C=O) groups excluding carboxylic acids is 1. The smallest absolute Gasteiger partial charge is 0.327 e. The first-order valence-electron chi connectivity index (χ1n) is 5.28. The lowest BCUT2D eigenvalue weighted by Crippen LogP contribution is -2.44. The minimum atomic E-state index is -0.969. The third-order valence-corrected chi connectivity index (χ3v) is 4.35. The molecule has 2 heterocycles. The molecule has 2 unspecified atom stereocenters. The SMILES string of the molecule is CC1SCC(C(=O)O)N1C(=O)c1cncc(Br)c1. The topological polar surface area (TPSA) is 70.5 Å². The predicted octanol–water partition coefficient (Wildman–Crippen LogP) is 1.83. The number of carboxylic acid groups (broad SMARTS) is 1. The zero-order valence-corrected chi connectivity index (χ0v) is 11.9. The van der Waals surface area contributed by atoms with E-state index in [1.807, 2.05) is 6.92 Å². The number of hydrogen-bond acceptors (Lipinski definition) is 4. The lowest BCUT2D eigenvalue weighted by atomic mass is 10.2. The molecule has 18 heavy (non-hydrogen) atoms. The molecule has 7 heteroatoms. The van der Waals surface area contributed by atoms with Crippen molar-refractivity contribution < 1.29 is 14.7 Å². The first-order chi connectivity index (χ1) is 8.50. The number of carboxylic acids is 1. The van der Waals surface area contributed by atoms with Crippen LogP contribution < -0.4 is 0 Å². The Morgan fingerprint density at radius 2 is 2.28 bits per heavy atom. The van der Waals surface area contributed by atoms with Crippen LogP contribution in [0.3, 0.4) is 0 Å². The Labute approximate surface area is 117 Å². The van der Waals surface area contributed by atoms with Crippen molar-refractivity contribution in [3.8, 4) is 0 Å².